The van der Waals surface area contributed by atoms with Crippen molar-refractivity contribution in [3.05, 3.63) is 35.9 Å². The van der Waals surface area contributed by atoms with Crippen LogP contribution in [0.5, 0.6) is 5.75 Å². The van der Waals surface area contributed by atoms with Crippen LogP contribution in [-0.2, 0) is 4.79 Å². The molecule has 0 aliphatic heterocycles. The van der Waals surface area contributed by atoms with Gasteiger partial charge in [0.1, 0.15) is 5.75 Å². The fraction of sp³-hybridized carbons (Fsp3) is 0.438. The van der Waals surface area contributed by atoms with Gasteiger partial charge in [-0.15, -0.1) is 0 Å². The molecule has 1 unspecified atom stereocenters. The summed E-state index contributed by atoms with van der Waals surface area (Å²) in [6.07, 6.45) is 4.38. The van der Waals surface area contributed by atoms with Crippen molar-refractivity contribution in [2.45, 2.75) is 39.2 Å². The van der Waals surface area contributed by atoms with Gasteiger partial charge in [0.25, 0.3) is 0 Å². The minimum atomic E-state index is -0.688. The van der Waals surface area contributed by atoms with Crippen LogP contribution in [0.15, 0.2) is 30.3 Å². The molecule has 0 amide bonds. The lowest BCUT2D eigenvalue weighted by molar-refractivity contribution is -0.141. The van der Waals surface area contributed by atoms with E-state index in [2.05, 4.69) is 12.1 Å². The first-order valence-electron chi connectivity index (χ1n) is 6.75. The summed E-state index contributed by atoms with van der Waals surface area (Å²) in [5, 5.41) is 8.99. The summed E-state index contributed by atoms with van der Waals surface area (Å²) >= 11 is 0. The van der Waals surface area contributed by atoms with Crippen molar-refractivity contribution in [3.63, 3.8) is 0 Å². The fourth-order valence-corrected chi connectivity index (χ4v) is 2.36. The monoisotopic (exact) mass is 260 g/mol. The predicted molar refractivity (Wildman–Crippen MR) is 75.2 cm³/mol. The first kappa shape index (κ1) is 13.7. The Hall–Kier alpha value is -1.77. The largest absolute Gasteiger partial charge is 0.491 e. The maximum atomic E-state index is 10.9. The van der Waals surface area contributed by atoms with Crippen LogP contribution in [0.2, 0.25) is 0 Å². The Labute approximate surface area is 113 Å². The highest BCUT2D eigenvalue weighted by molar-refractivity contribution is 5.74. The summed E-state index contributed by atoms with van der Waals surface area (Å²) in [4.78, 5) is 10.9. The lowest BCUT2D eigenvalue weighted by atomic mass is 9.86. The SMILES string of the molecule is CC(C)Oc1cccc(C2=CCC(C(=O)O)CC2)c1. The van der Waals surface area contributed by atoms with Gasteiger partial charge < -0.3 is 9.84 Å². The third-order valence-electron chi connectivity index (χ3n) is 3.34. The molecule has 0 radical (unpaired) electrons. The number of allylic oxidation sites excluding steroid dienone is 2. The molecule has 3 heteroatoms. The summed E-state index contributed by atoms with van der Waals surface area (Å²) in [5.41, 5.74) is 2.37. The zero-order valence-corrected chi connectivity index (χ0v) is 11.4. The van der Waals surface area contributed by atoms with Crippen LogP contribution in [0.3, 0.4) is 0 Å². The molecule has 102 valence electrons. The van der Waals surface area contributed by atoms with E-state index in [1.165, 1.54) is 5.57 Å². The molecule has 0 aromatic heterocycles. The predicted octanol–water partition coefficient (Wildman–Crippen LogP) is 3.74. The van der Waals surface area contributed by atoms with Gasteiger partial charge in [-0.05, 0) is 56.4 Å². The average molecular weight is 260 g/mol. The molecule has 1 aliphatic carbocycles. The quantitative estimate of drug-likeness (QED) is 0.897. The van der Waals surface area contributed by atoms with Gasteiger partial charge in [0, 0.05) is 0 Å². The van der Waals surface area contributed by atoms with Gasteiger partial charge in [-0.3, -0.25) is 4.79 Å². The molecule has 0 fully saturated rings. The van der Waals surface area contributed by atoms with Crippen LogP contribution in [-0.4, -0.2) is 17.2 Å². The Morgan fingerprint density at radius 3 is 2.79 bits per heavy atom. The molecule has 1 aromatic carbocycles. The van der Waals surface area contributed by atoms with Gasteiger partial charge in [0.2, 0.25) is 0 Å². The third kappa shape index (κ3) is 3.60. The molecule has 0 heterocycles. The van der Waals surface area contributed by atoms with Gasteiger partial charge in [-0.1, -0.05) is 18.2 Å². The van der Waals surface area contributed by atoms with E-state index in [9.17, 15) is 4.79 Å². The van der Waals surface area contributed by atoms with Crippen LogP contribution in [0, 0.1) is 5.92 Å². The van der Waals surface area contributed by atoms with E-state index < -0.39 is 5.97 Å². The summed E-state index contributed by atoms with van der Waals surface area (Å²) in [5.74, 6) is -0.0419. The standard InChI is InChI=1S/C16H20O3/c1-11(2)19-15-5-3-4-14(10-15)12-6-8-13(9-7-12)16(17)18/h3-6,10-11,13H,7-9H2,1-2H3,(H,17,18). The number of rotatable bonds is 4. The van der Waals surface area contributed by atoms with E-state index in [0.29, 0.717) is 6.42 Å². The topological polar surface area (TPSA) is 46.5 Å². The number of carboxylic acids is 1. The highest BCUT2D eigenvalue weighted by atomic mass is 16.5. The maximum absolute atomic E-state index is 10.9. The summed E-state index contributed by atoms with van der Waals surface area (Å²) in [7, 11) is 0. The molecule has 3 nitrogen and oxygen atoms in total. The van der Waals surface area contributed by atoms with Gasteiger partial charge >= 0.3 is 5.97 Å². The second kappa shape index (κ2) is 5.91. The molecular weight excluding hydrogens is 240 g/mol. The maximum Gasteiger partial charge on any atom is 0.306 e. The van der Waals surface area contributed by atoms with Gasteiger partial charge in [-0.2, -0.15) is 0 Å². The van der Waals surface area contributed by atoms with Crippen LogP contribution in [0.25, 0.3) is 5.57 Å². The Balaban J connectivity index is 2.12. The zero-order valence-electron chi connectivity index (χ0n) is 11.4. The van der Waals surface area contributed by atoms with E-state index in [1.807, 2.05) is 32.0 Å². The van der Waals surface area contributed by atoms with Crippen molar-refractivity contribution < 1.29 is 14.6 Å². The van der Waals surface area contributed by atoms with Crippen LogP contribution in [0.4, 0.5) is 0 Å². The first-order valence-corrected chi connectivity index (χ1v) is 6.75. The summed E-state index contributed by atoms with van der Waals surface area (Å²) in [6, 6.07) is 8.02. The highest BCUT2D eigenvalue weighted by Gasteiger charge is 2.21. The summed E-state index contributed by atoms with van der Waals surface area (Å²) in [6.45, 7) is 4.01. The Morgan fingerprint density at radius 2 is 2.21 bits per heavy atom. The van der Waals surface area contributed by atoms with Crippen LogP contribution < -0.4 is 4.74 Å². The lowest BCUT2D eigenvalue weighted by Gasteiger charge is -2.19. The van der Waals surface area contributed by atoms with Gasteiger partial charge in [0.15, 0.2) is 0 Å². The Bertz CT molecular complexity index is 489. The van der Waals surface area contributed by atoms with Crippen molar-refractivity contribution in [2.24, 2.45) is 5.92 Å². The van der Waals surface area contributed by atoms with Crippen LogP contribution in [0.1, 0.15) is 38.7 Å². The van der Waals surface area contributed by atoms with E-state index in [4.69, 9.17) is 9.84 Å². The van der Waals surface area contributed by atoms with E-state index in [0.717, 1.165) is 24.2 Å². The van der Waals surface area contributed by atoms with Crippen molar-refractivity contribution >= 4 is 11.5 Å². The number of benzene rings is 1. The Morgan fingerprint density at radius 1 is 1.42 bits per heavy atom. The van der Waals surface area contributed by atoms with Crippen molar-refractivity contribution in [1.82, 2.24) is 0 Å². The van der Waals surface area contributed by atoms with Gasteiger partial charge in [-0.25, -0.2) is 0 Å². The first-order chi connectivity index (χ1) is 9.06. The van der Waals surface area contributed by atoms with E-state index in [1.54, 1.807) is 0 Å². The third-order valence-corrected chi connectivity index (χ3v) is 3.34. The molecule has 0 saturated heterocycles. The second-order valence-corrected chi connectivity index (χ2v) is 5.23. The molecule has 0 saturated carbocycles. The number of aliphatic carboxylic acids is 1. The lowest BCUT2D eigenvalue weighted by Crippen LogP contribution is -2.15. The number of hydrogen-bond acceptors (Lipinski definition) is 2. The van der Waals surface area contributed by atoms with Crippen molar-refractivity contribution in [2.75, 3.05) is 0 Å². The highest BCUT2D eigenvalue weighted by Crippen LogP contribution is 2.31. The molecule has 1 atom stereocenters. The van der Waals surface area contributed by atoms with Crippen molar-refractivity contribution in [3.8, 4) is 5.75 Å². The number of carbonyl (C=O) groups is 1. The molecule has 1 N–H and O–H groups in total. The number of carboxylic acid groups (broad SMARTS) is 1. The average Bonchev–Trinajstić information content (AvgIpc) is 2.38. The molecule has 2 rings (SSSR count). The minimum Gasteiger partial charge on any atom is -0.491 e. The van der Waals surface area contributed by atoms with Crippen molar-refractivity contribution in [1.29, 1.82) is 0 Å². The molecular formula is C16H20O3. The molecule has 0 bridgehead atoms. The molecule has 1 aliphatic rings. The fourth-order valence-electron chi connectivity index (χ4n) is 2.36. The van der Waals surface area contributed by atoms with Crippen LogP contribution >= 0.6 is 0 Å². The minimum absolute atomic E-state index is 0.159. The Kier molecular flexibility index (Phi) is 4.25. The number of ether oxygens (including phenoxy) is 1. The second-order valence-electron chi connectivity index (χ2n) is 5.23. The molecule has 0 spiro atoms. The van der Waals surface area contributed by atoms with E-state index >= 15 is 0 Å². The van der Waals surface area contributed by atoms with E-state index in [-0.39, 0.29) is 12.0 Å². The molecule has 19 heavy (non-hydrogen) atoms. The molecule has 1 aromatic rings. The summed E-state index contributed by atoms with van der Waals surface area (Å²) < 4.78 is 5.68. The normalized spacial score (nSPS) is 19.1. The van der Waals surface area contributed by atoms with Gasteiger partial charge in [0.05, 0.1) is 12.0 Å². The number of hydrogen-bond donors (Lipinski definition) is 1. The zero-order chi connectivity index (χ0) is 13.8. The smallest absolute Gasteiger partial charge is 0.306 e.